The van der Waals surface area contributed by atoms with Crippen LogP contribution < -0.4 is 5.32 Å². The molecule has 0 aliphatic carbocycles. The fourth-order valence-corrected chi connectivity index (χ4v) is 2.13. The van der Waals surface area contributed by atoms with Crippen molar-refractivity contribution in [2.75, 3.05) is 6.61 Å². The molecule has 4 heteroatoms. The number of aliphatic hydroxyl groups excluding tert-OH is 1. The minimum atomic E-state index is -0.422. The van der Waals surface area contributed by atoms with Gasteiger partial charge in [-0.15, -0.1) is 0 Å². The molecule has 20 heavy (non-hydrogen) atoms. The van der Waals surface area contributed by atoms with Crippen LogP contribution in [0.15, 0.2) is 48.5 Å². The van der Waals surface area contributed by atoms with Crippen molar-refractivity contribution in [1.29, 1.82) is 0 Å². The maximum atomic E-state index is 13.3. The van der Waals surface area contributed by atoms with E-state index in [4.69, 9.17) is 11.6 Å². The Morgan fingerprint density at radius 3 is 2.50 bits per heavy atom. The third kappa shape index (κ3) is 4.30. The van der Waals surface area contributed by atoms with Crippen molar-refractivity contribution in [3.63, 3.8) is 0 Å². The lowest BCUT2D eigenvalue weighted by molar-refractivity contribution is 0.241. The van der Waals surface area contributed by atoms with Crippen LogP contribution in [-0.2, 0) is 13.0 Å². The molecule has 2 rings (SSSR count). The second kappa shape index (κ2) is 7.39. The van der Waals surface area contributed by atoms with Gasteiger partial charge in [0, 0.05) is 12.6 Å². The molecule has 0 saturated heterocycles. The Hall–Kier alpha value is -1.42. The van der Waals surface area contributed by atoms with Gasteiger partial charge in [-0.2, -0.15) is 0 Å². The highest BCUT2D eigenvalue weighted by Gasteiger charge is 2.08. The first-order valence-corrected chi connectivity index (χ1v) is 6.89. The highest BCUT2D eigenvalue weighted by atomic mass is 35.5. The van der Waals surface area contributed by atoms with E-state index in [9.17, 15) is 9.50 Å². The highest BCUT2D eigenvalue weighted by Crippen LogP contribution is 2.15. The minimum Gasteiger partial charge on any atom is -0.395 e. The van der Waals surface area contributed by atoms with E-state index in [1.54, 1.807) is 12.1 Å². The quantitative estimate of drug-likeness (QED) is 0.857. The number of hydrogen-bond donors (Lipinski definition) is 2. The number of hydrogen-bond acceptors (Lipinski definition) is 2. The predicted octanol–water partition coefficient (Wildman–Crippen LogP) is 3.17. The Balaban J connectivity index is 1.92. The van der Waals surface area contributed by atoms with Gasteiger partial charge in [-0.3, -0.25) is 0 Å². The van der Waals surface area contributed by atoms with Gasteiger partial charge in [0.15, 0.2) is 0 Å². The van der Waals surface area contributed by atoms with E-state index in [1.165, 1.54) is 6.07 Å². The molecule has 0 spiro atoms. The van der Waals surface area contributed by atoms with E-state index < -0.39 is 5.82 Å². The molecule has 0 bridgehead atoms. The largest absolute Gasteiger partial charge is 0.395 e. The number of aliphatic hydroxyl groups is 1. The third-order valence-corrected chi connectivity index (χ3v) is 3.43. The fourth-order valence-electron chi connectivity index (χ4n) is 2.01. The Bertz CT molecular complexity index is 547. The van der Waals surface area contributed by atoms with E-state index in [1.807, 2.05) is 30.3 Å². The summed E-state index contributed by atoms with van der Waals surface area (Å²) in [6.45, 7) is 0.525. The Kier molecular flexibility index (Phi) is 5.53. The van der Waals surface area contributed by atoms with E-state index in [2.05, 4.69) is 5.32 Å². The van der Waals surface area contributed by atoms with Crippen LogP contribution in [0.3, 0.4) is 0 Å². The summed E-state index contributed by atoms with van der Waals surface area (Å²) in [4.78, 5) is 0. The van der Waals surface area contributed by atoms with E-state index in [-0.39, 0.29) is 17.7 Å². The molecule has 2 N–H and O–H groups in total. The van der Waals surface area contributed by atoms with Gasteiger partial charge >= 0.3 is 0 Å². The number of halogens is 2. The summed E-state index contributed by atoms with van der Waals surface area (Å²) in [5.74, 6) is -0.422. The molecule has 1 atom stereocenters. The lowest BCUT2D eigenvalue weighted by Crippen LogP contribution is -2.34. The van der Waals surface area contributed by atoms with Crippen molar-refractivity contribution in [3.8, 4) is 0 Å². The Morgan fingerprint density at radius 1 is 1.10 bits per heavy atom. The van der Waals surface area contributed by atoms with Gasteiger partial charge < -0.3 is 10.4 Å². The standard InChI is InChI=1S/C16H17ClFNO/c17-15-7-6-13(9-16(15)18)10-19-14(11-20)8-12-4-2-1-3-5-12/h1-7,9,14,19-20H,8,10-11H2/t14-/m0/s1. The normalized spacial score (nSPS) is 12.3. The molecular weight excluding hydrogens is 277 g/mol. The van der Waals surface area contributed by atoms with E-state index >= 15 is 0 Å². The molecule has 2 aromatic rings. The summed E-state index contributed by atoms with van der Waals surface area (Å²) in [5, 5.41) is 12.7. The zero-order valence-electron chi connectivity index (χ0n) is 11.0. The minimum absolute atomic E-state index is 0.0327. The molecule has 0 amide bonds. The summed E-state index contributed by atoms with van der Waals surface area (Å²) in [5.41, 5.74) is 1.96. The van der Waals surface area contributed by atoms with Crippen LogP contribution in [0.25, 0.3) is 0 Å². The van der Waals surface area contributed by atoms with Crippen molar-refractivity contribution in [1.82, 2.24) is 5.32 Å². The molecular formula is C16H17ClFNO. The lowest BCUT2D eigenvalue weighted by atomic mass is 10.1. The molecule has 2 nitrogen and oxygen atoms in total. The molecule has 0 saturated carbocycles. The van der Waals surface area contributed by atoms with E-state index in [0.717, 1.165) is 17.5 Å². The van der Waals surface area contributed by atoms with Crippen molar-refractivity contribution in [3.05, 3.63) is 70.5 Å². The fraction of sp³-hybridized carbons (Fsp3) is 0.250. The van der Waals surface area contributed by atoms with Crippen LogP contribution in [0, 0.1) is 5.82 Å². The van der Waals surface area contributed by atoms with Crippen LogP contribution in [-0.4, -0.2) is 17.8 Å². The zero-order valence-corrected chi connectivity index (χ0v) is 11.8. The monoisotopic (exact) mass is 293 g/mol. The van der Waals surface area contributed by atoms with Crippen LogP contribution in [0.1, 0.15) is 11.1 Å². The van der Waals surface area contributed by atoms with Crippen molar-refractivity contribution < 1.29 is 9.50 Å². The van der Waals surface area contributed by atoms with Gasteiger partial charge in [-0.05, 0) is 29.7 Å². The van der Waals surface area contributed by atoms with Crippen LogP contribution in [0.5, 0.6) is 0 Å². The lowest BCUT2D eigenvalue weighted by Gasteiger charge is -2.16. The van der Waals surface area contributed by atoms with Crippen LogP contribution in [0.2, 0.25) is 5.02 Å². The van der Waals surface area contributed by atoms with Crippen LogP contribution >= 0.6 is 11.6 Å². The van der Waals surface area contributed by atoms with Crippen molar-refractivity contribution >= 4 is 11.6 Å². The summed E-state index contributed by atoms with van der Waals surface area (Å²) >= 11 is 5.64. The van der Waals surface area contributed by atoms with Gasteiger partial charge in [0.1, 0.15) is 5.82 Å². The number of rotatable bonds is 6. The van der Waals surface area contributed by atoms with Crippen LogP contribution in [0.4, 0.5) is 4.39 Å². The van der Waals surface area contributed by atoms with Gasteiger partial charge in [-0.1, -0.05) is 48.0 Å². The smallest absolute Gasteiger partial charge is 0.142 e. The molecule has 106 valence electrons. The van der Waals surface area contributed by atoms with Gasteiger partial charge in [0.05, 0.1) is 11.6 Å². The first kappa shape index (κ1) is 15.0. The predicted molar refractivity (Wildman–Crippen MR) is 79.3 cm³/mol. The molecule has 0 heterocycles. The first-order chi connectivity index (χ1) is 9.69. The molecule has 0 radical (unpaired) electrons. The second-order valence-corrected chi connectivity index (χ2v) is 5.11. The molecule has 0 unspecified atom stereocenters. The number of nitrogens with one attached hydrogen (secondary N) is 1. The average molecular weight is 294 g/mol. The van der Waals surface area contributed by atoms with Crippen molar-refractivity contribution in [2.45, 2.75) is 19.0 Å². The molecule has 2 aromatic carbocycles. The molecule has 0 aliphatic rings. The topological polar surface area (TPSA) is 32.3 Å². The average Bonchev–Trinajstić information content (AvgIpc) is 2.48. The molecule has 0 fully saturated rings. The highest BCUT2D eigenvalue weighted by molar-refractivity contribution is 6.30. The van der Waals surface area contributed by atoms with Gasteiger partial charge in [0.2, 0.25) is 0 Å². The Labute approximate surface area is 123 Å². The second-order valence-electron chi connectivity index (χ2n) is 4.70. The maximum Gasteiger partial charge on any atom is 0.142 e. The Morgan fingerprint density at radius 2 is 1.85 bits per heavy atom. The summed E-state index contributed by atoms with van der Waals surface area (Å²) in [7, 11) is 0. The summed E-state index contributed by atoms with van der Waals surface area (Å²) in [6, 6.07) is 14.6. The van der Waals surface area contributed by atoms with Gasteiger partial charge in [-0.25, -0.2) is 4.39 Å². The van der Waals surface area contributed by atoms with E-state index in [0.29, 0.717) is 6.54 Å². The SMILES string of the molecule is OC[C@H](Cc1ccccc1)NCc1ccc(Cl)c(F)c1. The maximum absolute atomic E-state index is 13.3. The molecule has 0 aromatic heterocycles. The van der Waals surface area contributed by atoms with Crippen molar-refractivity contribution in [2.24, 2.45) is 0 Å². The molecule has 0 aliphatic heterocycles. The third-order valence-electron chi connectivity index (χ3n) is 3.12. The zero-order chi connectivity index (χ0) is 14.4. The van der Waals surface area contributed by atoms with Gasteiger partial charge in [0.25, 0.3) is 0 Å². The summed E-state index contributed by atoms with van der Waals surface area (Å²) in [6.07, 6.45) is 0.730. The first-order valence-electron chi connectivity index (χ1n) is 6.51. The number of benzene rings is 2. The summed E-state index contributed by atoms with van der Waals surface area (Å²) < 4.78 is 13.3.